The number of nitrogens with one attached hydrogen (secondary N) is 2. The maximum Gasteiger partial charge on any atom is 0.315 e. The van der Waals surface area contributed by atoms with Gasteiger partial charge in [0.2, 0.25) is 0 Å². The Morgan fingerprint density at radius 1 is 1.14 bits per heavy atom. The van der Waals surface area contributed by atoms with Gasteiger partial charge in [0.15, 0.2) is 5.82 Å². The molecule has 0 saturated heterocycles. The van der Waals surface area contributed by atoms with Gasteiger partial charge in [0.25, 0.3) is 0 Å². The highest BCUT2D eigenvalue weighted by molar-refractivity contribution is 5.74. The first kappa shape index (κ1) is 13.5. The van der Waals surface area contributed by atoms with Crippen LogP contribution in [-0.4, -0.2) is 28.6 Å². The fourth-order valence-corrected chi connectivity index (χ4v) is 2.00. The van der Waals surface area contributed by atoms with Gasteiger partial charge in [-0.25, -0.2) is 14.8 Å². The molecule has 21 heavy (non-hydrogen) atoms. The molecule has 1 aliphatic rings. The molecule has 1 aliphatic carbocycles. The van der Waals surface area contributed by atoms with E-state index in [-0.39, 0.29) is 6.03 Å². The molecule has 0 aliphatic heterocycles. The molecule has 0 spiro atoms. The maximum absolute atomic E-state index is 11.5. The lowest BCUT2D eigenvalue weighted by atomic mass is 10.2. The first-order chi connectivity index (χ1) is 10.3. The number of aromatic nitrogens is 2. The maximum atomic E-state index is 11.5. The van der Waals surface area contributed by atoms with Gasteiger partial charge in [-0.15, -0.1) is 0 Å². The minimum Gasteiger partial charge on any atom is -0.338 e. The third-order valence-corrected chi connectivity index (χ3v) is 3.35. The molecule has 0 radical (unpaired) electrons. The Balaban J connectivity index is 1.49. The largest absolute Gasteiger partial charge is 0.338 e. The molecule has 0 atom stereocenters. The van der Waals surface area contributed by atoms with E-state index in [1.165, 1.54) is 0 Å². The van der Waals surface area contributed by atoms with E-state index in [9.17, 15) is 4.79 Å². The van der Waals surface area contributed by atoms with Crippen molar-refractivity contribution in [3.05, 3.63) is 48.3 Å². The van der Waals surface area contributed by atoms with Gasteiger partial charge < -0.3 is 10.6 Å². The number of rotatable bonds is 5. The highest BCUT2D eigenvalue weighted by Crippen LogP contribution is 2.18. The minimum atomic E-state index is -0.0840. The van der Waals surface area contributed by atoms with Gasteiger partial charge >= 0.3 is 6.03 Å². The van der Waals surface area contributed by atoms with E-state index >= 15 is 0 Å². The summed E-state index contributed by atoms with van der Waals surface area (Å²) >= 11 is 0. The summed E-state index contributed by atoms with van der Waals surface area (Å²) in [6, 6.07) is 10.2. The predicted octanol–water partition coefficient (Wildman–Crippen LogP) is 2.15. The second-order valence-electron chi connectivity index (χ2n) is 5.21. The third kappa shape index (κ3) is 4.02. The van der Waals surface area contributed by atoms with Crippen molar-refractivity contribution in [2.24, 2.45) is 0 Å². The number of benzene rings is 1. The minimum absolute atomic E-state index is 0.0840. The summed E-state index contributed by atoms with van der Waals surface area (Å²) in [5.74, 6) is 0.721. The highest BCUT2D eigenvalue weighted by Gasteiger charge is 2.22. The van der Waals surface area contributed by atoms with E-state index in [1.54, 1.807) is 0 Å². The van der Waals surface area contributed by atoms with E-state index in [2.05, 4.69) is 20.6 Å². The van der Waals surface area contributed by atoms with Crippen molar-refractivity contribution < 1.29 is 4.79 Å². The lowest BCUT2D eigenvalue weighted by Gasteiger charge is -2.06. The van der Waals surface area contributed by atoms with Crippen LogP contribution in [0.15, 0.2) is 42.7 Å². The Kier molecular flexibility index (Phi) is 4.09. The van der Waals surface area contributed by atoms with Crippen LogP contribution in [0.3, 0.4) is 0 Å². The lowest BCUT2D eigenvalue weighted by Crippen LogP contribution is -2.37. The first-order valence-corrected chi connectivity index (χ1v) is 7.22. The molecule has 1 fully saturated rings. The summed E-state index contributed by atoms with van der Waals surface area (Å²) in [4.78, 5) is 20.2. The van der Waals surface area contributed by atoms with Gasteiger partial charge in [-0.2, -0.15) is 0 Å². The van der Waals surface area contributed by atoms with E-state index in [1.807, 2.05) is 42.7 Å². The monoisotopic (exact) mass is 282 g/mol. The summed E-state index contributed by atoms with van der Waals surface area (Å²) in [6.07, 6.45) is 6.56. The lowest BCUT2D eigenvalue weighted by molar-refractivity contribution is 0.240. The number of hydrogen-bond acceptors (Lipinski definition) is 3. The van der Waals surface area contributed by atoms with E-state index in [4.69, 9.17) is 0 Å². The number of urea groups is 1. The van der Waals surface area contributed by atoms with Crippen molar-refractivity contribution in [3.8, 4) is 11.4 Å². The van der Waals surface area contributed by atoms with Gasteiger partial charge in [0, 0.05) is 30.5 Å². The molecule has 2 N–H and O–H groups in total. The van der Waals surface area contributed by atoms with Crippen molar-refractivity contribution in [1.29, 1.82) is 0 Å². The molecule has 108 valence electrons. The quantitative estimate of drug-likeness (QED) is 0.883. The number of carbonyl (C=O) groups is 1. The molecule has 1 aromatic carbocycles. The van der Waals surface area contributed by atoms with Crippen LogP contribution in [0.5, 0.6) is 0 Å². The molecule has 1 aromatic heterocycles. The summed E-state index contributed by atoms with van der Waals surface area (Å²) < 4.78 is 0. The van der Waals surface area contributed by atoms with Crippen LogP contribution in [0.25, 0.3) is 11.4 Å². The van der Waals surface area contributed by atoms with Crippen molar-refractivity contribution in [1.82, 2.24) is 20.6 Å². The van der Waals surface area contributed by atoms with Crippen LogP contribution in [0, 0.1) is 0 Å². The Morgan fingerprint density at radius 3 is 2.52 bits per heavy atom. The van der Waals surface area contributed by atoms with Gasteiger partial charge in [-0.1, -0.05) is 30.3 Å². The van der Waals surface area contributed by atoms with Crippen LogP contribution in [0.1, 0.15) is 18.4 Å². The van der Waals surface area contributed by atoms with Gasteiger partial charge in [-0.05, 0) is 24.8 Å². The van der Waals surface area contributed by atoms with Crippen LogP contribution in [0.4, 0.5) is 4.79 Å². The molecule has 5 heteroatoms. The van der Waals surface area contributed by atoms with Crippen molar-refractivity contribution in [2.45, 2.75) is 25.3 Å². The van der Waals surface area contributed by atoms with E-state index < -0.39 is 0 Å². The molecule has 2 aromatic rings. The molecule has 2 amide bonds. The summed E-state index contributed by atoms with van der Waals surface area (Å²) in [5.41, 5.74) is 2.02. The Morgan fingerprint density at radius 2 is 1.86 bits per heavy atom. The smallest absolute Gasteiger partial charge is 0.315 e. The van der Waals surface area contributed by atoms with Crippen LogP contribution >= 0.6 is 0 Å². The second kappa shape index (κ2) is 6.35. The average molecular weight is 282 g/mol. The van der Waals surface area contributed by atoms with Crippen LogP contribution in [0.2, 0.25) is 0 Å². The zero-order valence-electron chi connectivity index (χ0n) is 11.7. The molecular formula is C16H18N4O. The standard InChI is InChI=1S/C16H18N4O/c21-16(20-14-6-7-14)17-9-8-12-10-18-15(19-11-12)13-4-2-1-3-5-13/h1-5,10-11,14H,6-9H2,(H2,17,20,21). The first-order valence-electron chi connectivity index (χ1n) is 7.22. The third-order valence-electron chi connectivity index (χ3n) is 3.35. The predicted molar refractivity (Wildman–Crippen MR) is 80.7 cm³/mol. The second-order valence-corrected chi connectivity index (χ2v) is 5.21. The fourth-order valence-electron chi connectivity index (χ4n) is 2.00. The normalized spacial score (nSPS) is 13.7. The molecule has 0 unspecified atom stereocenters. The SMILES string of the molecule is O=C(NCCc1cnc(-c2ccccc2)nc1)NC1CC1. The highest BCUT2D eigenvalue weighted by atomic mass is 16.2. The van der Waals surface area contributed by atoms with Crippen molar-refractivity contribution in [3.63, 3.8) is 0 Å². The van der Waals surface area contributed by atoms with Gasteiger partial charge in [0.1, 0.15) is 0 Å². The zero-order chi connectivity index (χ0) is 14.5. The van der Waals surface area contributed by atoms with Gasteiger partial charge in [-0.3, -0.25) is 0 Å². The molecule has 1 heterocycles. The molecule has 0 bridgehead atoms. The summed E-state index contributed by atoms with van der Waals surface area (Å²) in [7, 11) is 0. The zero-order valence-corrected chi connectivity index (χ0v) is 11.7. The summed E-state index contributed by atoms with van der Waals surface area (Å²) in [6.45, 7) is 0.590. The molecule has 1 saturated carbocycles. The van der Waals surface area contributed by atoms with Crippen LogP contribution < -0.4 is 10.6 Å². The molecular weight excluding hydrogens is 264 g/mol. The van der Waals surface area contributed by atoms with Crippen LogP contribution in [-0.2, 0) is 6.42 Å². The Bertz CT molecular complexity index is 593. The van der Waals surface area contributed by atoms with Crippen molar-refractivity contribution in [2.75, 3.05) is 6.54 Å². The fraction of sp³-hybridized carbons (Fsp3) is 0.312. The Hall–Kier alpha value is -2.43. The Labute approximate surface area is 123 Å². The number of hydrogen-bond donors (Lipinski definition) is 2. The van der Waals surface area contributed by atoms with Crippen molar-refractivity contribution >= 4 is 6.03 Å². The van der Waals surface area contributed by atoms with E-state index in [0.717, 1.165) is 36.2 Å². The summed E-state index contributed by atoms with van der Waals surface area (Å²) in [5, 5.41) is 5.73. The number of carbonyl (C=O) groups excluding carboxylic acids is 1. The number of nitrogens with zero attached hydrogens (tertiary/aromatic N) is 2. The molecule has 3 rings (SSSR count). The average Bonchev–Trinajstić information content (AvgIpc) is 3.33. The molecule has 5 nitrogen and oxygen atoms in total. The van der Waals surface area contributed by atoms with E-state index in [0.29, 0.717) is 12.6 Å². The number of amides is 2. The van der Waals surface area contributed by atoms with Gasteiger partial charge in [0.05, 0.1) is 0 Å². The topological polar surface area (TPSA) is 66.9 Å².